The topological polar surface area (TPSA) is 70.6 Å². The van der Waals surface area contributed by atoms with Crippen molar-refractivity contribution >= 4 is 27.6 Å². The fourth-order valence-corrected chi connectivity index (χ4v) is 4.22. The van der Waals surface area contributed by atoms with Gasteiger partial charge in [0.2, 0.25) is 0 Å². The molecule has 5 nitrogen and oxygen atoms in total. The Morgan fingerprint density at radius 3 is 2.26 bits per heavy atom. The maximum absolute atomic E-state index is 11.3. The van der Waals surface area contributed by atoms with Crippen LogP contribution in [0.4, 0.5) is 0 Å². The lowest BCUT2D eigenvalue weighted by molar-refractivity contribution is 0.601. The van der Waals surface area contributed by atoms with E-state index in [-0.39, 0.29) is 5.75 Å². The van der Waals surface area contributed by atoms with E-state index in [2.05, 4.69) is 34.7 Å². The highest BCUT2D eigenvalue weighted by atomic mass is 32.2. The van der Waals surface area contributed by atoms with Crippen LogP contribution in [0.1, 0.15) is 18.1 Å². The van der Waals surface area contributed by atoms with Crippen LogP contribution in [0.3, 0.4) is 0 Å². The number of sulfone groups is 1. The highest BCUT2D eigenvalue weighted by Crippen LogP contribution is 2.21. The van der Waals surface area contributed by atoms with E-state index in [0.29, 0.717) is 11.8 Å². The van der Waals surface area contributed by atoms with Gasteiger partial charge in [-0.3, -0.25) is 4.99 Å². The predicted molar refractivity (Wildman–Crippen MR) is 115 cm³/mol. The van der Waals surface area contributed by atoms with Crippen molar-refractivity contribution in [2.45, 2.75) is 29.4 Å². The Morgan fingerprint density at radius 1 is 1.04 bits per heavy atom. The van der Waals surface area contributed by atoms with E-state index >= 15 is 0 Å². The molecule has 0 saturated heterocycles. The molecule has 0 aliphatic heterocycles. The lowest BCUT2D eigenvalue weighted by atomic mass is 10.1. The molecule has 0 bridgehead atoms. The van der Waals surface area contributed by atoms with Crippen LogP contribution >= 0.6 is 11.8 Å². The molecule has 2 N–H and O–H groups in total. The number of hydrogen-bond acceptors (Lipinski definition) is 4. The van der Waals surface area contributed by atoms with Gasteiger partial charge in [0.05, 0.1) is 5.75 Å². The van der Waals surface area contributed by atoms with Crippen molar-refractivity contribution in [3.05, 3.63) is 65.7 Å². The first-order chi connectivity index (χ1) is 12.9. The number of nitrogens with one attached hydrogen (secondary N) is 2. The third kappa shape index (κ3) is 8.49. The van der Waals surface area contributed by atoms with Crippen molar-refractivity contribution in [1.29, 1.82) is 0 Å². The summed E-state index contributed by atoms with van der Waals surface area (Å²) >= 11 is 1.82. The minimum atomic E-state index is -3.00. The summed E-state index contributed by atoms with van der Waals surface area (Å²) in [6, 6.07) is 17.9. The van der Waals surface area contributed by atoms with Crippen molar-refractivity contribution in [3.8, 4) is 0 Å². The first kappa shape index (κ1) is 21.3. The second kappa shape index (κ2) is 10.4. The van der Waals surface area contributed by atoms with E-state index < -0.39 is 9.84 Å². The summed E-state index contributed by atoms with van der Waals surface area (Å²) in [7, 11) is -1.26. The summed E-state index contributed by atoms with van der Waals surface area (Å²) in [5.74, 6) is 0.816. The van der Waals surface area contributed by atoms with E-state index in [1.165, 1.54) is 11.2 Å². The standard InChI is InChI=1S/C20H27N3O2S2/c1-16(26-19-7-5-4-6-8-19)13-22-20(21-2)23-14-17-9-11-18(12-10-17)15-27(3,24)25/h4-12,16H,13-15H2,1-3H3,(H2,21,22,23). The van der Waals surface area contributed by atoms with Gasteiger partial charge in [-0.1, -0.05) is 49.4 Å². The number of benzene rings is 2. The normalized spacial score (nSPS) is 13.2. The molecule has 1 unspecified atom stereocenters. The van der Waals surface area contributed by atoms with Crippen LogP contribution in [0.5, 0.6) is 0 Å². The van der Waals surface area contributed by atoms with Gasteiger partial charge < -0.3 is 10.6 Å². The van der Waals surface area contributed by atoms with Crippen molar-refractivity contribution in [2.24, 2.45) is 4.99 Å². The van der Waals surface area contributed by atoms with Crippen LogP contribution in [0, 0.1) is 0 Å². The van der Waals surface area contributed by atoms with Crippen LogP contribution in [0.2, 0.25) is 0 Å². The maximum atomic E-state index is 11.3. The van der Waals surface area contributed by atoms with Crippen LogP contribution in [0.15, 0.2) is 64.5 Å². The first-order valence-corrected chi connectivity index (χ1v) is 11.7. The molecular formula is C20H27N3O2S2. The minimum Gasteiger partial charge on any atom is -0.355 e. The molecule has 0 radical (unpaired) electrons. The maximum Gasteiger partial charge on any atom is 0.191 e. The lowest BCUT2D eigenvalue weighted by Crippen LogP contribution is -2.39. The van der Waals surface area contributed by atoms with E-state index in [1.54, 1.807) is 7.05 Å². The molecule has 146 valence electrons. The zero-order valence-electron chi connectivity index (χ0n) is 16.0. The third-order valence-electron chi connectivity index (χ3n) is 3.77. The number of thioether (sulfide) groups is 1. The molecule has 2 aromatic rings. The molecule has 0 saturated carbocycles. The summed E-state index contributed by atoms with van der Waals surface area (Å²) < 4.78 is 22.7. The predicted octanol–water partition coefficient (Wildman–Crippen LogP) is 3.08. The number of aliphatic imine (C=N–C) groups is 1. The number of hydrogen-bond donors (Lipinski definition) is 2. The summed E-state index contributed by atoms with van der Waals surface area (Å²) in [6.07, 6.45) is 1.25. The molecule has 27 heavy (non-hydrogen) atoms. The molecule has 0 fully saturated rings. The fourth-order valence-electron chi connectivity index (χ4n) is 2.48. The lowest BCUT2D eigenvalue weighted by Gasteiger charge is -2.16. The Morgan fingerprint density at radius 2 is 1.67 bits per heavy atom. The molecule has 0 aliphatic rings. The van der Waals surface area contributed by atoms with Crippen LogP contribution in [-0.2, 0) is 22.1 Å². The van der Waals surface area contributed by atoms with Gasteiger partial charge in [-0.15, -0.1) is 11.8 Å². The average molecular weight is 406 g/mol. The zero-order valence-corrected chi connectivity index (χ0v) is 17.6. The van der Waals surface area contributed by atoms with Gasteiger partial charge in [0.25, 0.3) is 0 Å². The highest BCUT2D eigenvalue weighted by molar-refractivity contribution is 8.00. The van der Waals surface area contributed by atoms with Crippen molar-refractivity contribution in [1.82, 2.24) is 10.6 Å². The van der Waals surface area contributed by atoms with Gasteiger partial charge in [-0.05, 0) is 23.3 Å². The van der Waals surface area contributed by atoms with E-state index in [1.807, 2.05) is 54.2 Å². The Bertz CT molecular complexity index is 835. The molecule has 2 aromatic carbocycles. The van der Waals surface area contributed by atoms with E-state index in [0.717, 1.165) is 23.6 Å². The van der Waals surface area contributed by atoms with Crippen molar-refractivity contribution < 1.29 is 8.42 Å². The molecule has 2 rings (SSSR count). The number of nitrogens with zero attached hydrogens (tertiary/aromatic N) is 1. The van der Waals surface area contributed by atoms with Crippen LogP contribution in [0.25, 0.3) is 0 Å². The van der Waals surface area contributed by atoms with Gasteiger partial charge in [-0.25, -0.2) is 8.42 Å². The molecule has 0 amide bonds. The van der Waals surface area contributed by atoms with Crippen LogP contribution in [-0.4, -0.2) is 39.5 Å². The third-order valence-corrected chi connectivity index (χ3v) is 5.74. The summed E-state index contributed by atoms with van der Waals surface area (Å²) in [4.78, 5) is 5.51. The number of guanidine groups is 1. The molecule has 0 spiro atoms. The molecule has 1 atom stereocenters. The monoisotopic (exact) mass is 405 g/mol. The SMILES string of the molecule is CN=C(NCc1ccc(CS(C)(=O)=O)cc1)NCC(C)Sc1ccccc1. The minimum absolute atomic E-state index is 0.0703. The fraction of sp³-hybridized carbons (Fsp3) is 0.350. The number of rotatable bonds is 8. The average Bonchev–Trinajstić information content (AvgIpc) is 2.63. The Kier molecular flexibility index (Phi) is 8.19. The quantitative estimate of drug-likeness (QED) is 0.401. The molecule has 0 aromatic heterocycles. The molecule has 7 heteroatoms. The Labute approximate surface area is 166 Å². The molecular weight excluding hydrogens is 378 g/mol. The van der Waals surface area contributed by atoms with E-state index in [4.69, 9.17) is 0 Å². The zero-order chi connectivity index (χ0) is 19.7. The Hall–Kier alpha value is -1.99. The van der Waals surface area contributed by atoms with Crippen LogP contribution < -0.4 is 10.6 Å². The second-order valence-electron chi connectivity index (χ2n) is 6.43. The second-order valence-corrected chi connectivity index (χ2v) is 10.1. The van der Waals surface area contributed by atoms with Gasteiger partial charge in [-0.2, -0.15) is 0 Å². The summed E-state index contributed by atoms with van der Waals surface area (Å²) in [5, 5.41) is 7.03. The van der Waals surface area contributed by atoms with Gasteiger partial charge in [0.1, 0.15) is 0 Å². The Balaban J connectivity index is 1.78. The van der Waals surface area contributed by atoms with E-state index in [9.17, 15) is 8.42 Å². The largest absolute Gasteiger partial charge is 0.355 e. The van der Waals surface area contributed by atoms with Crippen molar-refractivity contribution in [3.63, 3.8) is 0 Å². The summed E-state index contributed by atoms with van der Waals surface area (Å²) in [6.45, 7) is 3.60. The highest BCUT2D eigenvalue weighted by Gasteiger charge is 2.07. The smallest absolute Gasteiger partial charge is 0.191 e. The molecule has 0 heterocycles. The van der Waals surface area contributed by atoms with Gasteiger partial charge >= 0.3 is 0 Å². The first-order valence-electron chi connectivity index (χ1n) is 8.77. The van der Waals surface area contributed by atoms with Gasteiger partial charge in [0.15, 0.2) is 15.8 Å². The van der Waals surface area contributed by atoms with Crippen molar-refractivity contribution in [2.75, 3.05) is 19.8 Å². The molecule has 0 aliphatic carbocycles. The summed E-state index contributed by atoms with van der Waals surface area (Å²) in [5.41, 5.74) is 1.87. The van der Waals surface area contributed by atoms with Gasteiger partial charge in [0, 0.05) is 36.5 Å².